The number of rotatable bonds is 5. The lowest BCUT2D eigenvalue weighted by Gasteiger charge is -2.42. The second-order valence-corrected chi connectivity index (χ2v) is 8.36. The Kier molecular flexibility index (Phi) is 6.56. The van der Waals surface area contributed by atoms with Crippen LogP contribution < -0.4 is 4.74 Å². The lowest BCUT2D eigenvalue weighted by Crippen LogP contribution is -2.52. The van der Waals surface area contributed by atoms with Crippen molar-refractivity contribution in [2.24, 2.45) is 0 Å². The van der Waals surface area contributed by atoms with Crippen molar-refractivity contribution in [3.8, 4) is 5.75 Å². The Morgan fingerprint density at radius 1 is 0.968 bits per heavy atom. The molecule has 0 saturated carbocycles. The first-order valence-electron chi connectivity index (χ1n) is 11.1. The molecule has 4 rings (SSSR count). The lowest BCUT2D eigenvalue weighted by molar-refractivity contribution is -0.131. The van der Waals surface area contributed by atoms with Gasteiger partial charge in [-0.15, -0.1) is 0 Å². The average molecular weight is 422 g/mol. The topological polar surface area (TPSA) is 53.1 Å². The molecule has 2 amide bonds. The first-order valence-corrected chi connectivity index (χ1v) is 11.1. The number of para-hydroxylation sites is 1. The van der Waals surface area contributed by atoms with Crippen LogP contribution in [0.3, 0.4) is 0 Å². The molecule has 2 aromatic carbocycles. The number of methoxy groups -OCH3 is 1. The quantitative estimate of drug-likeness (QED) is 0.743. The maximum atomic E-state index is 13.8. The van der Waals surface area contributed by atoms with Gasteiger partial charge in [0, 0.05) is 44.2 Å². The molecule has 0 radical (unpaired) electrons. The number of likely N-dealkylation sites (tertiary alicyclic amines) is 1. The number of carbonyl (C=O) groups excluding carboxylic acids is 2. The van der Waals surface area contributed by atoms with E-state index < -0.39 is 0 Å². The van der Waals surface area contributed by atoms with Gasteiger partial charge in [0.05, 0.1) is 13.2 Å². The van der Waals surface area contributed by atoms with Gasteiger partial charge in [-0.1, -0.05) is 36.4 Å². The maximum absolute atomic E-state index is 13.8. The summed E-state index contributed by atoms with van der Waals surface area (Å²) in [6.07, 6.45) is 2.44. The molecule has 0 aromatic heterocycles. The van der Waals surface area contributed by atoms with Gasteiger partial charge < -0.3 is 14.5 Å². The molecule has 6 heteroatoms. The first kappa shape index (κ1) is 21.4. The standard InChI is InChI=1S/C25H31N3O3/c1-19(29)27-15-16-28(23(18-27)22-11-5-6-12-24(22)31-2)25(30)21-10-4-3-9-20(21)17-26-13-7-8-14-26/h3-6,9-12,23H,7-8,13-18H2,1-2H3/t23-/m1/s1. The van der Waals surface area contributed by atoms with Crippen molar-refractivity contribution in [1.82, 2.24) is 14.7 Å². The summed E-state index contributed by atoms with van der Waals surface area (Å²) >= 11 is 0. The highest BCUT2D eigenvalue weighted by Crippen LogP contribution is 2.33. The second kappa shape index (κ2) is 9.52. The third kappa shape index (κ3) is 4.59. The molecule has 6 nitrogen and oxygen atoms in total. The highest BCUT2D eigenvalue weighted by atomic mass is 16.5. The van der Waals surface area contributed by atoms with Gasteiger partial charge in [0.1, 0.15) is 5.75 Å². The fourth-order valence-corrected chi connectivity index (χ4v) is 4.72. The fourth-order valence-electron chi connectivity index (χ4n) is 4.72. The van der Waals surface area contributed by atoms with Gasteiger partial charge >= 0.3 is 0 Å². The lowest BCUT2D eigenvalue weighted by atomic mass is 9.98. The van der Waals surface area contributed by atoms with Gasteiger partial charge in [-0.05, 0) is 43.6 Å². The van der Waals surface area contributed by atoms with Crippen LogP contribution in [0.2, 0.25) is 0 Å². The molecule has 31 heavy (non-hydrogen) atoms. The minimum Gasteiger partial charge on any atom is -0.496 e. The number of nitrogens with zero attached hydrogens (tertiary/aromatic N) is 3. The predicted molar refractivity (Wildman–Crippen MR) is 120 cm³/mol. The number of ether oxygens (including phenoxy) is 1. The van der Waals surface area contributed by atoms with E-state index in [9.17, 15) is 9.59 Å². The normalized spacial score (nSPS) is 19.5. The molecule has 0 N–H and O–H groups in total. The van der Waals surface area contributed by atoms with Crippen molar-refractivity contribution in [3.63, 3.8) is 0 Å². The first-order chi connectivity index (χ1) is 15.1. The van der Waals surface area contributed by atoms with Gasteiger partial charge in [-0.25, -0.2) is 0 Å². The summed E-state index contributed by atoms with van der Waals surface area (Å²) in [5, 5.41) is 0. The Balaban J connectivity index is 1.66. The van der Waals surface area contributed by atoms with E-state index in [2.05, 4.69) is 11.0 Å². The maximum Gasteiger partial charge on any atom is 0.254 e. The van der Waals surface area contributed by atoms with E-state index in [0.717, 1.165) is 42.1 Å². The number of amides is 2. The van der Waals surface area contributed by atoms with Crippen LogP contribution in [0.5, 0.6) is 5.75 Å². The fraction of sp³-hybridized carbons (Fsp3) is 0.440. The largest absolute Gasteiger partial charge is 0.496 e. The number of hydrogen-bond donors (Lipinski definition) is 0. The van der Waals surface area contributed by atoms with E-state index in [-0.39, 0.29) is 17.9 Å². The minimum atomic E-state index is -0.249. The van der Waals surface area contributed by atoms with E-state index in [4.69, 9.17) is 4.74 Å². The van der Waals surface area contributed by atoms with Gasteiger partial charge in [-0.3, -0.25) is 14.5 Å². The number of carbonyl (C=O) groups is 2. The number of piperazine rings is 1. The molecule has 1 atom stereocenters. The monoisotopic (exact) mass is 421 g/mol. The Labute approximate surface area is 184 Å². The van der Waals surface area contributed by atoms with Gasteiger partial charge in [0.25, 0.3) is 5.91 Å². The Hall–Kier alpha value is -2.86. The summed E-state index contributed by atoms with van der Waals surface area (Å²) in [5.74, 6) is 0.788. The molecule has 2 saturated heterocycles. The van der Waals surface area contributed by atoms with Gasteiger partial charge in [-0.2, -0.15) is 0 Å². The minimum absolute atomic E-state index is 0.0221. The van der Waals surface area contributed by atoms with Crippen LogP contribution in [-0.4, -0.2) is 66.3 Å². The average Bonchev–Trinajstić information content (AvgIpc) is 3.31. The summed E-state index contributed by atoms with van der Waals surface area (Å²) in [5.41, 5.74) is 2.76. The molecule has 0 aliphatic carbocycles. The van der Waals surface area contributed by atoms with Crippen molar-refractivity contribution < 1.29 is 14.3 Å². The summed E-state index contributed by atoms with van der Waals surface area (Å²) < 4.78 is 5.59. The van der Waals surface area contributed by atoms with Crippen LogP contribution in [0.25, 0.3) is 0 Å². The zero-order chi connectivity index (χ0) is 21.8. The zero-order valence-corrected chi connectivity index (χ0v) is 18.4. The number of benzene rings is 2. The van der Waals surface area contributed by atoms with Crippen LogP contribution in [-0.2, 0) is 11.3 Å². The van der Waals surface area contributed by atoms with Crippen molar-refractivity contribution in [2.45, 2.75) is 32.4 Å². The van der Waals surface area contributed by atoms with Crippen molar-refractivity contribution in [2.75, 3.05) is 39.8 Å². The molecule has 164 valence electrons. The van der Waals surface area contributed by atoms with Crippen molar-refractivity contribution in [1.29, 1.82) is 0 Å². The second-order valence-electron chi connectivity index (χ2n) is 8.36. The van der Waals surface area contributed by atoms with Gasteiger partial charge in [0.15, 0.2) is 0 Å². The van der Waals surface area contributed by atoms with Crippen LogP contribution in [0.4, 0.5) is 0 Å². The predicted octanol–water partition coefficient (Wildman–Crippen LogP) is 3.34. The summed E-state index contributed by atoms with van der Waals surface area (Å²) in [7, 11) is 1.64. The third-order valence-corrected chi connectivity index (χ3v) is 6.42. The summed E-state index contributed by atoms with van der Waals surface area (Å²) in [6.45, 7) is 6.07. The molecular weight excluding hydrogens is 390 g/mol. The molecule has 0 unspecified atom stereocenters. The van der Waals surface area contributed by atoms with E-state index >= 15 is 0 Å². The van der Waals surface area contributed by atoms with Crippen molar-refractivity contribution >= 4 is 11.8 Å². The molecule has 2 aliphatic heterocycles. The van der Waals surface area contributed by atoms with E-state index in [0.29, 0.717) is 19.6 Å². The molecule has 0 bridgehead atoms. The molecule has 2 aliphatic rings. The molecule has 2 fully saturated rings. The Morgan fingerprint density at radius 2 is 1.68 bits per heavy atom. The summed E-state index contributed by atoms with van der Waals surface area (Å²) in [4.78, 5) is 32.1. The molecule has 2 heterocycles. The summed E-state index contributed by atoms with van der Waals surface area (Å²) in [6, 6.07) is 15.5. The molecule has 0 spiro atoms. The highest BCUT2D eigenvalue weighted by Gasteiger charge is 2.35. The van der Waals surface area contributed by atoms with E-state index in [1.165, 1.54) is 12.8 Å². The molecular formula is C25H31N3O3. The van der Waals surface area contributed by atoms with Crippen LogP contribution in [0, 0.1) is 0 Å². The third-order valence-electron chi connectivity index (χ3n) is 6.42. The van der Waals surface area contributed by atoms with Gasteiger partial charge in [0.2, 0.25) is 5.91 Å². The van der Waals surface area contributed by atoms with E-state index in [1.54, 1.807) is 14.0 Å². The van der Waals surface area contributed by atoms with Crippen LogP contribution in [0.15, 0.2) is 48.5 Å². The van der Waals surface area contributed by atoms with Crippen molar-refractivity contribution in [3.05, 3.63) is 65.2 Å². The Bertz CT molecular complexity index is 939. The molecule has 2 aromatic rings. The Morgan fingerprint density at radius 3 is 2.42 bits per heavy atom. The smallest absolute Gasteiger partial charge is 0.254 e. The SMILES string of the molecule is COc1ccccc1[C@H]1CN(C(C)=O)CCN1C(=O)c1ccccc1CN1CCCC1. The number of hydrogen-bond acceptors (Lipinski definition) is 4. The zero-order valence-electron chi connectivity index (χ0n) is 18.4. The van der Waals surface area contributed by atoms with Crippen LogP contribution in [0.1, 0.15) is 47.3 Å². The van der Waals surface area contributed by atoms with Crippen LogP contribution >= 0.6 is 0 Å². The van der Waals surface area contributed by atoms with E-state index in [1.807, 2.05) is 52.3 Å². The highest BCUT2D eigenvalue weighted by molar-refractivity contribution is 5.96.